The SMILES string of the molecule is CCC(NC)c1ccc(-c2c(F)c(F)cc(F)c2F)s1. The van der Waals surface area contributed by atoms with E-state index in [-0.39, 0.29) is 17.0 Å². The lowest BCUT2D eigenvalue weighted by Gasteiger charge is -2.10. The van der Waals surface area contributed by atoms with Crippen LogP contribution in [0.4, 0.5) is 17.6 Å². The molecule has 0 amide bonds. The molecule has 0 bridgehead atoms. The van der Waals surface area contributed by atoms with E-state index in [0.29, 0.717) is 0 Å². The van der Waals surface area contributed by atoms with E-state index in [1.165, 1.54) is 6.07 Å². The zero-order valence-corrected chi connectivity index (χ0v) is 11.8. The van der Waals surface area contributed by atoms with Crippen LogP contribution >= 0.6 is 11.3 Å². The highest BCUT2D eigenvalue weighted by Gasteiger charge is 2.22. The van der Waals surface area contributed by atoms with Gasteiger partial charge in [0, 0.05) is 21.9 Å². The van der Waals surface area contributed by atoms with E-state index in [9.17, 15) is 17.6 Å². The first kappa shape index (κ1) is 15.0. The molecular weight excluding hydrogens is 290 g/mol. The number of benzene rings is 1. The molecule has 0 aliphatic carbocycles. The maximum absolute atomic E-state index is 13.7. The Hall–Kier alpha value is -1.40. The smallest absolute Gasteiger partial charge is 0.170 e. The van der Waals surface area contributed by atoms with Gasteiger partial charge in [-0.2, -0.15) is 0 Å². The average molecular weight is 303 g/mol. The van der Waals surface area contributed by atoms with Gasteiger partial charge in [-0.05, 0) is 25.6 Å². The summed E-state index contributed by atoms with van der Waals surface area (Å²) in [6.45, 7) is 1.96. The van der Waals surface area contributed by atoms with Crippen molar-refractivity contribution in [1.29, 1.82) is 0 Å². The van der Waals surface area contributed by atoms with Crippen molar-refractivity contribution in [2.45, 2.75) is 19.4 Å². The monoisotopic (exact) mass is 303 g/mol. The summed E-state index contributed by atoms with van der Waals surface area (Å²) in [5.41, 5.74) is -0.648. The summed E-state index contributed by atoms with van der Waals surface area (Å²) in [7, 11) is 1.77. The van der Waals surface area contributed by atoms with Crippen molar-refractivity contribution in [3.8, 4) is 10.4 Å². The van der Waals surface area contributed by atoms with Crippen molar-refractivity contribution in [2.75, 3.05) is 7.05 Å². The molecule has 20 heavy (non-hydrogen) atoms. The van der Waals surface area contributed by atoms with Gasteiger partial charge in [0.05, 0.1) is 5.56 Å². The minimum atomic E-state index is -1.39. The van der Waals surface area contributed by atoms with Crippen molar-refractivity contribution >= 4 is 11.3 Å². The number of thiophene rings is 1. The Labute approximate surface area is 118 Å². The molecule has 1 aromatic heterocycles. The van der Waals surface area contributed by atoms with E-state index in [1.54, 1.807) is 13.1 Å². The highest BCUT2D eigenvalue weighted by Crippen LogP contribution is 2.36. The van der Waals surface area contributed by atoms with E-state index in [1.807, 2.05) is 6.92 Å². The van der Waals surface area contributed by atoms with Gasteiger partial charge in [-0.3, -0.25) is 0 Å². The summed E-state index contributed by atoms with van der Waals surface area (Å²) in [6, 6.07) is 3.43. The number of hydrogen-bond acceptors (Lipinski definition) is 2. The van der Waals surface area contributed by atoms with Crippen molar-refractivity contribution in [2.24, 2.45) is 0 Å². The summed E-state index contributed by atoms with van der Waals surface area (Å²) >= 11 is 1.11. The second kappa shape index (κ2) is 5.93. The fourth-order valence-corrected chi connectivity index (χ4v) is 3.25. The second-order valence-electron chi connectivity index (χ2n) is 4.29. The normalized spacial score (nSPS) is 12.7. The number of hydrogen-bond donors (Lipinski definition) is 1. The molecule has 1 atom stereocenters. The van der Waals surface area contributed by atoms with E-state index >= 15 is 0 Å². The first-order valence-corrected chi connectivity index (χ1v) is 6.91. The van der Waals surface area contributed by atoms with Gasteiger partial charge in [0.1, 0.15) is 0 Å². The largest absolute Gasteiger partial charge is 0.312 e. The van der Waals surface area contributed by atoms with Crippen LogP contribution in [0.2, 0.25) is 0 Å². The summed E-state index contributed by atoms with van der Waals surface area (Å²) < 4.78 is 53.9. The quantitative estimate of drug-likeness (QED) is 0.641. The average Bonchev–Trinajstić information content (AvgIpc) is 2.88. The lowest BCUT2D eigenvalue weighted by Crippen LogP contribution is -2.13. The molecule has 108 valence electrons. The molecule has 0 radical (unpaired) electrons. The minimum Gasteiger partial charge on any atom is -0.312 e. The first-order chi connectivity index (χ1) is 9.49. The molecule has 0 saturated heterocycles. The van der Waals surface area contributed by atoms with Gasteiger partial charge in [0.15, 0.2) is 23.3 Å². The standard InChI is InChI=1S/C14H13F4NS/c1-3-9(19-2)10-4-5-11(20-10)12-13(17)7(15)6-8(16)14(12)18/h4-6,9,19H,3H2,1-2H3. The zero-order chi connectivity index (χ0) is 14.9. The van der Waals surface area contributed by atoms with E-state index < -0.39 is 28.8 Å². The highest BCUT2D eigenvalue weighted by molar-refractivity contribution is 7.15. The predicted octanol–water partition coefficient (Wildman–Crippen LogP) is 4.64. The van der Waals surface area contributed by atoms with Crippen molar-refractivity contribution in [3.05, 3.63) is 46.3 Å². The third kappa shape index (κ3) is 2.58. The molecule has 1 nitrogen and oxygen atoms in total. The van der Waals surface area contributed by atoms with Crippen LogP contribution < -0.4 is 5.32 Å². The predicted molar refractivity (Wildman–Crippen MR) is 71.7 cm³/mol. The molecule has 6 heteroatoms. The molecule has 0 fully saturated rings. The van der Waals surface area contributed by atoms with Crippen molar-refractivity contribution in [1.82, 2.24) is 5.32 Å². The van der Waals surface area contributed by atoms with Crippen LogP contribution in [0.1, 0.15) is 24.3 Å². The van der Waals surface area contributed by atoms with Crippen LogP contribution in [0.15, 0.2) is 18.2 Å². The number of halogens is 4. The van der Waals surface area contributed by atoms with Gasteiger partial charge < -0.3 is 5.32 Å². The maximum atomic E-state index is 13.7. The lowest BCUT2D eigenvalue weighted by atomic mass is 10.1. The van der Waals surface area contributed by atoms with E-state index in [4.69, 9.17) is 0 Å². The molecule has 1 heterocycles. The lowest BCUT2D eigenvalue weighted by molar-refractivity contribution is 0.458. The van der Waals surface area contributed by atoms with Gasteiger partial charge in [-0.25, -0.2) is 17.6 Å². The molecule has 2 rings (SSSR count). The zero-order valence-electron chi connectivity index (χ0n) is 10.9. The Morgan fingerprint density at radius 2 is 1.70 bits per heavy atom. The number of nitrogens with one attached hydrogen (secondary N) is 1. The van der Waals surface area contributed by atoms with Crippen LogP contribution in [0.25, 0.3) is 10.4 Å². The maximum Gasteiger partial charge on any atom is 0.170 e. The molecule has 0 spiro atoms. The van der Waals surface area contributed by atoms with Gasteiger partial charge in [0.2, 0.25) is 0 Å². The van der Waals surface area contributed by atoms with Crippen LogP contribution in [0, 0.1) is 23.3 Å². The summed E-state index contributed by atoms with van der Waals surface area (Å²) in [4.78, 5) is 1.02. The summed E-state index contributed by atoms with van der Waals surface area (Å²) in [5, 5.41) is 3.06. The van der Waals surface area contributed by atoms with Crippen LogP contribution in [-0.2, 0) is 0 Å². The van der Waals surface area contributed by atoms with Crippen molar-refractivity contribution in [3.63, 3.8) is 0 Å². The molecule has 0 aliphatic heterocycles. The Morgan fingerprint density at radius 1 is 1.10 bits per heavy atom. The van der Waals surface area contributed by atoms with Crippen molar-refractivity contribution < 1.29 is 17.6 Å². The van der Waals surface area contributed by atoms with E-state index in [0.717, 1.165) is 22.6 Å². The van der Waals surface area contributed by atoms with Crippen LogP contribution in [-0.4, -0.2) is 7.05 Å². The van der Waals surface area contributed by atoms with Crippen LogP contribution in [0.3, 0.4) is 0 Å². The first-order valence-electron chi connectivity index (χ1n) is 6.09. The molecule has 1 aromatic carbocycles. The third-order valence-electron chi connectivity index (χ3n) is 3.09. The molecule has 1 N–H and O–H groups in total. The van der Waals surface area contributed by atoms with Gasteiger partial charge in [0.25, 0.3) is 0 Å². The highest BCUT2D eigenvalue weighted by atomic mass is 32.1. The van der Waals surface area contributed by atoms with E-state index in [2.05, 4.69) is 5.32 Å². The molecular formula is C14H13F4NS. The Kier molecular flexibility index (Phi) is 4.45. The fourth-order valence-electron chi connectivity index (χ4n) is 2.01. The Morgan fingerprint density at radius 3 is 2.20 bits per heavy atom. The van der Waals surface area contributed by atoms with Gasteiger partial charge in [-0.1, -0.05) is 6.92 Å². The molecule has 2 aromatic rings. The minimum absolute atomic E-state index is 0.0401. The Bertz CT molecular complexity index is 594. The van der Waals surface area contributed by atoms with Crippen LogP contribution in [0.5, 0.6) is 0 Å². The third-order valence-corrected chi connectivity index (χ3v) is 4.30. The van der Waals surface area contributed by atoms with Gasteiger partial charge in [-0.15, -0.1) is 11.3 Å². The topological polar surface area (TPSA) is 12.0 Å². The second-order valence-corrected chi connectivity index (χ2v) is 5.41. The fraction of sp³-hybridized carbons (Fsp3) is 0.286. The summed E-state index contributed by atoms with van der Waals surface area (Å²) in [5.74, 6) is -5.52. The van der Waals surface area contributed by atoms with Gasteiger partial charge >= 0.3 is 0 Å². The Balaban J connectivity index is 2.53. The summed E-state index contributed by atoms with van der Waals surface area (Å²) in [6.07, 6.45) is 0.791. The molecule has 0 saturated carbocycles. The molecule has 0 aliphatic rings. The molecule has 1 unspecified atom stereocenters. The number of rotatable bonds is 4.